The van der Waals surface area contributed by atoms with E-state index in [2.05, 4.69) is 0 Å². The van der Waals surface area contributed by atoms with E-state index in [9.17, 15) is 18.0 Å². The molecule has 0 saturated carbocycles. The van der Waals surface area contributed by atoms with Crippen molar-refractivity contribution in [1.82, 2.24) is 4.90 Å². The molecule has 1 aliphatic carbocycles. The van der Waals surface area contributed by atoms with Gasteiger partial charge in [-0.15, -0.1) is 0 Å². The zero-order valence-corrected chi connectivity index (χ0v) is 9.41. The smallest absolute Gasteiger partial charge is 0.395 e. The van der Waals surface area contributed by atoms with Crippen LogP contribution in [0.3, 0.4) is 0 Å². The minimum Gasteiger partial charge on any atom is -0.395 e. The molecule has 0 fully saturated rings. The lowest BCUT2D eigenvalue weighted by atomic mass is 10.0. The molecule has 1 unspecified atom stereocenters. The van der Waals surface area contributed by atoms with E-state index >= 15 is 0 Å². The van der Waals surface area contributed by atoms with Crippen LogP contribution in [-0.2, 0) is 4.79 Å². The van der Waals surface area contributed by atoms with Gasteiger partial charge in [-0.1, -0.05) is 12.2 Å². The largest absolute Gasteiger partial charge is 0.406 e. The van der Waals surface area contributed by atoms with E-state index in [0.29, 0.717) is 4.90 Å². The lowest BCUT2D eigenvalue weighted by Crippen LogP contribution is -2.41. The number of allylic oxidation sites excluding steroid dienone is 2. The van der Waals surface area contributed by atoms with Crippen LogP contribution in [0.25, 0.3) is 0 Å². The summed E-state index contributed by atoms with van der Waals surface area (Å²) in [6.45, 7) is -2.01. The van der Waals surface area contributed by atoms with Crippen molar-refractivity contribution in [3.63, 3.8) is 0 Å². The predicted molar refractivity (Wildman–Crippen MR) is 56.2 cm³/mol. The van der Waals surface area contributed by atoms with Gasteiger partial charge in [-0.25, -0.2) is 0 Å². The summed E-state index contributed by atoms with van der Waals surface area (Å²) >= 11 is 0. The molecule has 1 atom stereocenters. The van der Waals surface area contributed by atoms with Crippen molar-refractivity contribution in [3.8, 4) is 0 Å². The molecule has 6 heteroatoms. The third-order valence-corrected chi connectivity index (χ3v) is 2.64. The van der Waals surface area contributed by atoms with E-state index in [1.807, 2.05) is 12.2 Å². The van der Waals surface area contributed by atoms with Gasteiger partial charge in [0.05, 0.1) is 6.61 Å². The van der Waals surface area contributed by atoms with E-state index < -0.39 is 25.2 Å². The van der Waals surface area contributed by atoms with Crippen LogP contribution in [0, 0.1) is 5.92 Å². The van der Waals surface area contributed by atoms with Crippen molar-refractivity contribution in [1.29, 1.82) is 0 Å². The second-order valence-electron chi connectivity index (χ2n) is 4.12. The third-order valence-electron chi connectivity index (χ3n) is 2.64. The molecule has 1 amide bonds. The molecular formula is C11H16F3NO2. The van der Waals surface area contributed by atoms with Crippen molar-refractivity contribution in [2.45, 2.75) is 25.4 Å². The average molecular weight is 251 g/mol. The van der Waals surface area contributed by atoms with Crippen molar-refractivity contribution < 1.29 is 23.1 Å². The molecule has 0 aliphatic heterocycles. The van der Waals surface area contributed by atoms with E-state index in [0.717, 1.165) is 12.8 Å². The second kappa shape index (κ2) is 6.05. The lowest BCUT2D eigenvalue weighted by molar-refractivity contribution is -0.162. The Labute approximate surface area is 97.9 Å². The van der Waals surface area contributed by atoms with Crippen LogP contribution in [0.2, 0.25) is 0 Å². The van der Waals surface area contributed by atoms with Crippen LogP contribution >= 0.6 is 0 Å². The number of aliphatic hydroxyl groups excluding tert-OH is 1. The molecule has 1 N–H and O–H groups in total. The molecule has 0 radical (unpaired) electrons. The summed E-state index contributed by atoms with van der Waals surface area (Å²) < 4.78 is 36.6. The highest BCUT2D eigenvalue weighted by Gasteiger charge is 2.33. The normalized spacial score (nSPS) is 19.6. The van der Waals surface area contributed by atoms with Crippen LogP contribution in [0.4, 0.5) is 13.2 Å². The monoisotopic (exact) mass is 251 g/mol. The van der Waals surface area contributed by atoms with E-state index in [-0.39, 0.29) is 18.9 Å². The predicted octanol–water partition coefficient (Wildman–Crippen LogP) is 1.73. The first-order valence-corrected chi connectivity index (χ1v) is 5.54. The zero-order chi connectivity index (χ0) is 12.9. The third kappa shape index (κ3) is 5.21. The fraction of sp³-hybridized carbons (Fsp3) is 0.727. The molecule has 1 aliphatic rings. The van der Waals surface area contributed by atoms with Gasteiger partial charge in [0, 0.05) is 13.0 Å². The topological polar surface area (TPSA) is 40.5 Å². The van der Waals surface area contributed by atoms with E-state index in [1.54, 1.807) is 0 Å². The summed E-state index contributed by atoms with van der Waals surface area (Å²) in [6.07, 6.45) is 1.14. The molecule has 0 bridgehead atoms. The highest BCUT2D eigenvalue weighted by Crippen LogP contribution is 2.23. The zero-order valence-electron chi connectivity index (χ0n) is 9.41. The van der Waals surface area contributed by atoms with Gasteiger partial charge in [-0.05, 0) is 18.8 Å². The standard InChI is InChI=1S/C11H16F3NO2/c12-11(13,14)8-15(5-6-16)10(17)7-9-3-1-2-4-9/h1,3,9,16H,2,4-8H2. The molecule has 17 heavy (non-hydrogen) atoms. The number of nitrogens with zero attached hydrogens (tertiary/aromatic N) is 1. The quantitative estimate of drug-likeness (QED) is 0.756. The van der Waals surface area contributed by atoms with Gasteiger partial charge in [-0.2, -0.15) is 13.2 Å². The Morgan fingerprint density at radius 1 is 1.47 bits per heavy atom. The molecule has 0 heterocycles. The lowest BCUT2D eigenvalue weighted by Gasteiger charge is -2.24. The summed E-state index contributed by atoms with van der Waals surface area (Å²) in [6, 6.07) is 0. The summed E-state index contributed by atoms with van der Waals surface area (Å²) in [5, 5.41) is 8.67. The number of alkyl halides is 3. The Hall–Kier alpha value is -1.04. The van der Waals surface area contributed by atoms with Gasteiger partial charge in [0.2, 0.25) is 5.91 Å². The molecule has 0 aromatic carbocycles. The van der Waals surface area contributed by atoms with Gasteiger partial charge in [0.15, 0.2) is 0 Å². The highest BCUT2D eigenvalue weighted by atomic mass is 19.4. The summed E-state index contributed by atoms with van der Waals surface area (Å²) in [5.41, 5.74) is 0. The molecule has 98 valence electrons. The molecule has 0 aromatic heterocycles. The summed E-state index contributed by atoms with van der Waals surface area (Å²) in [7, 11) is 0. The summed E-state index contributed by atoms with van der Waals surface area (Å²) in [5.74, 6) is -0.509. The molecule has 0 aromatic rings. The number of carbonyl (C=O) groups excluding carboxylic acids is 1. The van der Waals surface area contributed by atoms with Gasteiger partial charge in [-0.3, -0.25) is 4.79 Å². The van der Waals surface area contributed by atoms with Gasteiger partial charge < -0.3 is 10.0 Å². The molecule has 0 spiro atoms. The van der Waals surface area contributed by atoms with Gasteiger partial charge in [0.1, 0.15) is 6.54 Å². The van der Waals surface area contributed by atoms with Crippen molar-refractivity contribution in [3.05, 3.63) is 12.2 Å². The Kier molecular flexibility index (Phi) is 4.99. The van der Waals surface area contributed by atoms with Gasteiger partial charge in [0.25, 0.3) is 0 Å². The number of hydrogen-bond donors (Lipinski definition) is 1. The molecule has 3 nitrogen and oxygen atoms in total. The fourth-order valence-corrected chi connectivity index (χ4v) is 1.85. The SMILES string of the molecule is O=C(CC1C=CCC1)N(CCO)CC(F)(F)F. The van der Waals surface area contributed by atoms with Gasteiger partial charge >= 0.3 is 6.18 Å². The first kappa shape index (κ1) is 14.0. The highest BCUT2D eigenvalue weighted by molar-refractivity contribution is 5.76. The van der Waals surface area contributed by atoms with Crippen LogP contribution in [-0.4, -0.2) is 41.8 Å². The second-order valence-corrected chi connectivity index (χ2v) is 4.12. The maximum atomic E-state index is 12.2. The Bertz CT molecular complexity index is 289. The Balaban J connectivity index is 2.50. The number of hydrogen-bond acceptors (Lipinski definition) is 2. The first-order chi connectivity index (χ1) is 7.92. The minimum absolute atomic E-state index is 0.0388. The van der Waals surface area contributed by atoms with Crippen molar-refractivity contribution in [2.75, 3.05) is 19.7 Å². The molecule has 0 saturated heterocycles. The van der Waals surface area contributed by atoms with Crippen LogP contribution < -0.4 is 0 Å². The number of rotatable bonds is 5. The Morgan fingerprint density at radius 2 is 2.18 bits per heavy atom. The average Bonchev–Trinajstić information content (AvgIpc) is 2.67. The molecular weight excluding hydrogens is 235 g/mol. The fourth-order valence-electron chi connectivity index (χ4n) is 1.85. The molecule has 1 rings (SSSR count). The number of halogens is 3. The van der Waals surface area contributed by atoms with Crippen molar-refractivity contribution in [2.24, 2.45) is 5.92 Å². The number of amides is 1. The minimum atomic E-state index is -4.42. The summed E-state index contributed by atoms with van der Waals surface area (Å²) in [4.78, 5) is 12.3. The van der Waals surface area contributed by atoms with E-state index in [1.165, 1.54) is 0 Å². The number of carbonyl (C=O) groups is 1. The van der Waals surface area contributed by atoms with E-state index in [4.69, 9.17) is 5.11 Å². The van der Waals surface area contributed by atoms with Crippen molar-refractivity contribution >= 4 is 5.91 Å². The Morgan fingerprint density at radius 3 is 2.65 bits per heavy atom. The van der Waals surface area contributed by atoms with Crippen LogP contribution in [0.5, 0.6) is 0 Å². The maximum absolute atomic E-state index is 12.2. The number of aliphatic hydroxyl groups is 1. The van der Waals surface area contributed by atoms with Crippen LogP contribution in [0.1, 0.15) is 19.3 Å². The first-order valence-electron chi connectivity index (χ1n) is 5.54. The maximum Gasteiger partial charge on any atom is 0.406 e. The van der Waals surface area contributed by atoms with Crippen LogP contribution in [0.15, 0.2) is 12.2 Å².